The van der Waals surface area contributed by atoms with E-state index in [1.165, 1.54) is 6.21 Å². The largest absolute Gasteiger partial charge is 0.487 e. The van der Waals surface area contributed by atoms with E-state index in [-0.39, 0.29) is 35.5 Å². The van der Waals surface area contributed by atoms with Crippen LogP contribution in [0.4, 0.5) is 0 Å². The number of fused-ring (bicyclic) bond motifs is 1. The Morgan fingerprint density at radius 1 is 1.00 bits per heavy atom. The van der Waals surface area contributed by atoms with Crippen LogP contribution < -0.4 is 4.74 Å². The monoisotopic (exact) mass is 542 g/mol. The first-order valence-corrected chi connectivity index (χ1v) is 11.9. The number of hydrazone groups is 1. The van der Waals surface area contributed by atoms with E-state index in [9.17, 15) is 9.59 Å². The van der Waals surface area contributed by atoms with Gasteiger partial charge in [0.2, 0.25) is 0 Å². The van der Waals surface area contributed by atoms with Gasteiger partial charge in [0.1, 0.15) is 12.4 Å². The standard InChI is InChI=1S/C24H20Br2N2O3/c25-18-10-17(22(19(26)11-18)31-13-14-4-2-1-3-5-14)12-27-28-23(29)20-15-6-7-16(9-8-15)21(20)24(28)30/h1-7,10-12,15-16,20-21H,8-9,13H2/b27-12-/t15-,16-,20+,21+/m0/s1. The first-order chi connectivity index (χ1) is 15.0. The number of imide groups is 1. The van der Waals surface area contributed by atoms with Crippen LogP contribution in [-0.2, 0) is 16.2 Å². The van der Waals surface area contributed by atoms with E-state index in [0.29, 0.717) is 17.9 Å². The van der Waals surface area contributed by atoms with Crippen molar-refractivity contribution < 1.29 is 14.3 Å². The quantitative estimate of drug-likeness (QED) is 0.291. The summed E-state index contributed by atoms with van der Waals surface area (Å²) in [6.45, 7) is 0.392. The molecule has 0 radical (unpaired) electrons. The summed E-state index contributed by atoms with van der Waals surface area (Å²) >= 11 is 7.04. The third kappa shape index (κ3) is 3.78. The summed E-state index contributed by atoms with van der Waals surface area (Å²) in [5, 5.41) is 5.41. The summed E-state index contributed by atoms with van der Waals surface area (Å²) in [7, 11) is 0. The lowest BCUT2D eigenvalue weighted by molar-refractivity contribution is -0.140. The van der Waals surface area contributed by atoms with Gasteiger partial charge >= 0.3 is 0 Å². The predicted octanol–water partition coefficient (Wildman–Crippen LogP) is 5.32. The molecule has 2 fully saturated rings. The van der Waals surface area contributed by atoms with Gasteiger partial charge in [0.15, 0.2) is 0 Å². The number of carbonyl (C=O) groups excluding carboxylic acids is 2. The average molecular weight is 544 g/mol. The molecule has 1 saturated heterocycles. The van der Waals surface area contributed by atoms with Crippen LogP contribution in [0.25, 0.3) is 0 Å². The fourth-order valence-corrected chi connectivity index (χ4v) is 6.22. The lowest BCUT2D eigenvalue weighted by atomic mass is 9.63. The molecule has 158 valence electrons. The van der Waals surface area contributed by atoms with Crippen molar-refractivity contribution in [3.8, 4) is 5.75 Å². The van der Waals surface area contributed by atoms with Gasteiger partial charge in [-0.3, -0.25) is 9.59 Å². The van der Waals surface area contributed by atoms with Crippen molar-refractivity contribution in [3.63, 3.8) is 0 Å². The highest BCUT2D eigenvalue weighted by Gasteiger charge is 2.56. The van der Waals surface area contributed by atoms with Gasteiger partial charge < -0.3 is 4.74 Å². The molecule has 1 aliphatic heterocycles. The average Bonchev–Trinajstić information content (AvgIpc) is 3.05. The van der Waals surface area contributed by atoms with Gasteiger partial charge in [-0.05, 0) is 58.3 Å². The lowest BCUT2D eigenvalue weighted by Gasteiger charge is -2.37. The maximum absolute atomic E-state index is 13.0. The van der Waals surface area contributed by atoms with Crippen LogP contribution in [0, 0.1) is 23.7 Å². The smallest absolute Gasteiger partial charge is 0.254 e. The van der Waals surface area contributed by atoms with Gasteiger partial charge in [0, 0.05) is 10.0 Å². The van der Waals surface area contributed by atoms with Gasteiger partial charge in [0.05, 0.1) is 22.5 Å². The van der Waals surface area contributed by atoms with Gasteiger partial charge in [-0.15, -0.1) is 0 Å². The highest BCUT2D eigenvalue weighted by molar-refractivity contribution is 9.11. The Bertz CT molecular complexity index is 1070. The van der Waals surface area contributed by atoms with Crippen LogP contribution in [0.1, 0.15) is 24.0 Å². The Balaban J connectivity index is 1.41. The molecule has 7 heteroatoms. The summed E-state index contributed by atoms with van der Waals surface area (Å²) in [5.41, 5.74) is 1.71. The fraction of sp³-hybridized carbons (Fsp3) is 0.292. The van der Waals surface area contributed by atoms with E-state index in [0.717, 1.165) is 32.4 Å². The van der Waals surface area contributed by atoms with Gasteiger partial charge in [-0.1, -0.05) is 58.4 Å². The molecule has 4 atom stereocenters. The molecule has 0 N–H and O–H groups in total. The molecule has 3 aliphatic carbocycles. The molecule has 2 aromatic carbocycles. The molecule has 31 heavy (non-hydrogen) atoms. The highest BCUT2D eigenvalue weighted by Crippen LogP contribution is 2.49. The molecule has 0 unspecified atom stereocenters. The third-order valence-corrected chi connectivity index (χ3v) is 7.36. The second-order valence-electron chi connectivity index (χ2n) is 8.15. The number of benzene rings is 2. The Morgan fingerprint density at radius 2 is 1.65 bits per heavy atom. The number of hydrogen-bond donors (Lipinski definition) is 0. The first kappa shape index (κ1) is 20.6. The number of allylic oxidation sites excluding steroid dienone is 2. The normalized spacial score (nSPS) is 26.7. The molecule has 0 aromatic heterocycles. The van der Waals surface area contributed by atoms with Crippen LogP contribution in [0.5, 0.6) is 5.75 Å². The lowest BCUT2D eigenvalue weighted by Crippen LogP contribution is -2.38. The van der Waals surface area contributed by atoms with Gasteiger partial charge in [-0.2, -0.15) is 10.1 Å². The molecule has 0 spiro atoms. The summed E-state index contributed by atoms with van der Waals surface area (Å²) < 4.78 is 7.65. The van der Waals surface area contributed by atoms with E-state index < -0.39 is 0 Å². The maximum Gasteiger partial charge on any atom is 0.254 e. The Labute approximate surface area is 197 Å². The van der Waals surface area contributed by atoms with Crippen molar-refractivity contribution in [1.82, 2.24) is 5.01 Å². The summed E-state index contributed by atoms with van der Waals surface area (Å²) in [6.07, 6.45) is 7.69. The summed E-state index contributed by atoms with van der Waals surface area (Å²) in [6, 6.07) is 13.6. The van der Waals surface area contributed by atoms with Crippen molar-refractivity contribution in [2.75, 3.05) is 0 Å². The minimum Gasteiger partial charge on any atom is -0.487 e. The molecular formula is C24H20Br2N2O3. The summed E-state index contributed by atoms with van der Waals surface area (Å²) in [5.74, 6) is -0.00737. The van der Waals surface area contributed by atoms with Crippen LogP contribution in [0.3, 0.4) is 0 Å². The Morgan fingerprint density at radius 3 is 2.26 bits per heavy atom. The van der Waals surface area contributed by atoms with Gasteiger partial charge in [0.25, 0.3) is 11.8 Å². The van der Waals surface area contributed by atoms with E-state index in [1.807, 2.05) is 42.5 Å². The fourth-order valence-electron chi connectivity index (χ4n) is 4.85. The topological polar surface area (TPSA) is 59.0 Å². The number of rotatable bonds is 5. The number of ether oxygens (including phenoxy) is 1. The zero-order valence-corrected chi connectivity index (χ0v) is 19.8. The number of hydrogen-bond acceptors (Lipinski definition) is 4. The Hall–Kier alpha value is -2.25. The zero-order chi connectivity index (χ0) is 21.5. The van der Waals surface area contributed by atoms with Crippen molar-refractivity contribution in [1.29, 1.82) is 0 Å². The number of halogens is 2. The van der Waals surface area contributed by atoms with E-state index >= 15 is 0 Å². The SMILES string of the molecule is O=C1[C@H]2[C@H](C(=O)N1/N=C\c1cc(Br)cc(Br)c1OCc1ccccc1)[C@H]1C=C[C@H]2CC1. The molecular weight excluding hydrogens is 524 g/mol. The second-order valence-corrected chi connectivity index (χ2v) is 9.92. The van der Waals surface area contributed by atoms with Crippen LogP contribution in [-0.4, -0.2) is 23.0 Å². The molecule has 5 nitrogen and oxygen atoms in total. The number of amides is 2. The number of carbonyl (C=O) groups is 2. The molecule has 1 saturated carbocycles. The van der Waals surface area contributed by atoms with Crippen LogP contribution >= 0.6 is 31.9 Å². The maximum atomic E-state index is 13.0. The van der Waals surface area contributed by atoms with Crippen molar-refractivity contribution >= 4 is 49.9 Å². The molecule has 2 aromatic rings. The van der Waals surface area contributed by atoms with E-state index in [1.54, 1.807) is 0 Å². The number of nitrogens with zero attached hydrogens (tertiary/aromatic N) is 2. The molecule has 1 heterocycles. The van der Waals surface area contributed by atoms with E-state index in [4.69, 9.17) is 4.74 Å². The van der Waals surface area contributed by atoms with Crippen molar-refractivity contribution in [2.24, 2.45) is 28.8 Å². The highest BCUT2D eigenvalue weighted by atomic mass is 79.9. The molecule has 4 aliphatic rings. The van der Waals surface area contributed by atoms with Gasteiger partial charge in [-0.25, -0.2) is 0 Å². The Kier molecular flexibility index (Phi) is 5.56. The third-order valence-electron chi connectivity index (χ3n) is 6.31. The van der Waals surface area contributed by atoms with E-state index in [2.05, 4.69) is 49.1 Å². The summed E-state index contributed by atoms with van der Waals surface area (Å²) in [4.78, 5) is 26.0. The second kappa shape index (κ2) is 8.36. The predicted molar refractivity (Wildman–Crippen MR) is 124 cm³/mol. The molecule has 2 bridgehead atoms. The zero-order valence-electron chi connectivity index (χ0n) is 16.6. The minimum atomic E-state index is -0.267. The van der Waals surface area contributed by atoms with Crippen molar-refractivity contribution in [2.45, 2.75) is 19.4 Å². The first-order valence-electron chi connectivity index (χ1n) is 10.3. The molecule has 2 amide bonds. The van der Waals surface area contributed by atoms with Crippen molar-refractivity contribution in [3.05, 3.63) is 74.7 Å². The molecule has 6 rings (SSSR count). The minimum absolute atomic E-state index is 0.149. The van der Waals surface area contributed by atoms with Crippen LogP contribution in [0.2, 0.25) is 0 Å². The van der Waals surface area contributed by atoms with Crippen LogP contribution in [0.15, 0.2) is 68.7 Å².